The predicted octanol–water partition coefficient (Wildman–Crippen LogP) is 2.99. The molecule has 0 saturated carbocycles. The van der Waals surface area contributed by atoms with Gasteiger partial charge in [0.15, 0.2) is 5.13 Å². The molecule has 0 atom stereocenters. The van der Waals surface area contributed by atoms with Crippen LogP contribution in [0, 0.1) is 0 Å². The van der Waals surface area contributed by atoms with Crippen LogP contribution in [0.3, 0.4) is 0 Å². The van der Waals surface area contributed by atoms with Gasteiger partial charge in [0, 0.05) is 10.8 Å². The molecule has 7 heteroatoms. The Morgan fingerprint density at radius 3 is 2.71 bits per heavy atom. The molecule has 0 bridgehead atoms. The van der Waals surface area contributed by atoms with Crippen molar-refractivity contribution >= 4 is 27.4 Å². The van der Waals surface area contributed by atoms with E-state index in [0.29, 0.717) is 28.2 Å². The molecule has 0 spiro atoms. The Bertz CT molecular complexity index is 930. The first kappa shape index (κ1) is 12.0. The minimum atomic E-state index is 0.341. The van der Waals surface area contributed by atoms with Gasteiger partial charge in [-0.3, -0.25) is 0 Å². The standard InChI is InChI=1S/C14H9N5OS/c15-14-17-11(7-21-14)13-18-12(19-20-13)10-6-5-8-3-1-2-4-9(8)16-10/h1-7H,(H2,15,17). The van der Waals surface area contributed by atoms with Crippen molar-refractivity contribution in [2.24, 2.45) is 0 Å². The summed E-state index contributed by atoms with van der Waals surface area (Å²) in [6.45, 7) is 0. The van der Waals surface area contributed by atoms with Crippen LogP contribution < -0.4 is 5.73 Å². The number of thiazole rings is 1. The summed E-state index contributed by atoms with van der Waals surface area (Å²) in [5.41, 5.74) is 7.73. The fourth-order valence-electron chi connectivity index (χ4n) is 2.01. The highest BCUT2D eigenvalue weighted by atomic mass is 32.1. The van der Waals surface area contributed by atoms with Crippen LogP contribution in [-0.2, 0) is 0 Å². The summed E-state index contributed by atoms with van der Waals surface area (Å²) in [6, 6.07) is 11.7. The lowest BCUT2D eigenvalue weighted by molar-refractivity contribution is 0.431. The molecule has 21 heavy (non-hydrogen) atoms. The number of hydrogen-bond acceptors (Lipinski definition) is 7. The lowest BCUT2D eigenvalue weighted by atomic mass is 10.2. The number of hydrogen-bond donors (Lipinski definition) is 1. The zero-order valence-corrected chi connectivity index (χ0v) is 11.5. The molecule has 102 valence electrons. The second kappa shape index (κ2) is 4.64. The first-order valence-corrected chi connectivity index (χ1v) is 7.09. The van der Waals surface area contributed by atoms with E-state index in [4.69, 9.17) is 10.3 Å². The Hall–Kier alpha value is -2.80. The van der Waals surface area contributed by atoms with Gasteiger partial charge in [0.25, 0.3) is 5.89 Å². The number of fused-ring (bicyclic) bond motifs is 1. The smallest absolute Gasteiger partial charge is 0.277 e. The molecule has 4 rings (SSSR count). The van der Waals surface area contributed by atoms with Crippen molar-refractivity contribution in [2.45, 2.75) is 0 Å². The number of benzene rings is 1. The van der Waals surface area contributed by atoms with Crippen molar-refractivity contribution in [3.8, 4) is 23.1 Å². The maximum Gasteiger partial charge on any atom is 0.277 e. The number of nitrogens with zero attached hydrogens (tertiary/aromatic N) is 4. The van der Waals surface area contributed by atoms with Crippen molar-refractivity contribution in [1.82, 2.24) is 20.1 Å². The van der Waals surface area contributed by atoms with Crippen LogP contribution in [0.4, 0.5) is 5.13 Å². The average molecular weight is 295 g/mol. The Kier molecular flexibility index (Phi) is 2.65. The molecule has 1 aromatic carbocycles. The van der Waals surface area contributed by atoms with Crippen molar-refractivity contribution in [3.05, 3.63) is 41.8 Å². The molecular formula is C14H9N5OS. The number of pyridine rings is 1. The Morgan fingerprint density at radius 1 is 0.952 bits per heavy atom. The molecule has 4 aromatic rings. The molecule has 0 amide bonds. The molecule has 6 nitrogen and oxygen atoms in total. The first-order chi connectivity index (χ1) is 10.3. The largest absolute Gasteiger partial charge is 0.375 e. The lowest BCUT2D eigenvalue weighted by Crippen LogP contribution is -1.87. The lowest BCUT2D eigenvalue weighted by Gasteiger charge is -1.98. The van der Waals surface area contributed by atoms with E-state index in [1.165, 1.54) is 11.3 Å². The van der Waals surface area contributed by atoms with E-state index in [-0.39, 0.29) is 0 Å². The summed E-state index contributed by atoms with van der Waals surface area (Å²) in [7, 11) is 0. The van der Waals surface area contributed by atoms with E-state index in [2.05, 4.69) is 20.1 Å². The van der Waals surface area contributed by atoms with Crippen LogP contribution in [0.2, 0.25) is 0 Å². The number of para-hydroxylation sites is 1. The Balaban J connectivity index is 1.77. The van der Waals surface area contributed by atoms with E-state index in [0.717, 1.165) is 10.9 Å². The summed E-state index contributed by atoms with van der Waals surface area (Å²) < 4.78 is 5.22. The summed E-state index contributed by atoms with van der Waals surface area (Å²) in [5, 5.41) is 7.27. The molecule has 3 heterocycles. The summed E-state index contributed by atoms with van der Waals surface area (Å²) >= 11 is 1.33. The van der Waals surface area contributed by atoms with Gasteiger partial charge in [-0.1, -0.05) is 29.4 Å². The zero-order valence-electron chi connectivity index (χ0n) is 10.7. The third-order valence-electron chi connectivity index (χ3n) is 2.99. The van der Waals surface area contributed by atoms with Gasteiger partial charge in [-0.15, -0.1) is 11.3 Å². The van der Waals surface area contributed by atoms with Crippen LogP contribution in [0.25, 0.3) is 34.0 Å². The van der Waals surface area contributed by atoms with Gasteiger partial charge in [0.1, 0.15) is 11.4 Å². The average Bonchev–Trinajstić information content (AvgIpc) is 3.15. The van der Waals surface area contributed by atoms with Crippen LogP contribution in [-0.4, -0.2) is 20.1 Å². The Morgan fingerprint density at radius 2 is 1.86 bits per heavy atom. The molecule has 0 fully saturated rings. The van der Waals surface area contributed by atoms with Crippen LogP contribution in [0.5, 0.6) is 0 Å². The number of nitrogen functional groups attached to an aromatic ring is 1. The number of nitrogens with two attached hydrogens (primary N) is 1. The molecule has 2 N–H and O–H groups in total. The van der Waals surface area contributed by atoms with Crippen LogP contribution in [0.1, 0.15) is 0 Å². The number of rotatable bonds is 2. The van der Waals surface area contributed by atoms with Gasteiger partial charge in [-0.05, 0) is 12.1 Å². The van der Waals surface area contributed by atoms with Crippen LogP contribution in [0.15, 0.2) is 46.3 Å². The highest BCUT2D eigenvalue weighted by molar-refractivity contribution is 7.13. The zero-order chi connectivity index (χ0) is 14.2. The highest BCUT2D eigenvalue weighted by Crippen LogP contribution is 2.24. The minimum absolute atomic E-state index is 0.341. The molecule has 0 unspecified atom stereocenters. The van der Waals surface area contributed by atoms with Crippen molar-refractivity contribution in [1.29, 1.82) is 0 Å². The van der Waals surface area contributed by atoms with E-state index < -0.39 is 0 Å². The predicted molar refractivity (Wildman–Crippen MR) is 80.6 cm³/mol. The van der Waals surface area contributed by atoms with Crippen molar-refractivity contribution in [3.63, 3.8) is 0 Å². The maximum atomic E-state index is 5.60. The van der Waals surface area contributed by atoms with Crippen molar-refractivity contribution < 1.29 is 4.52 Å². The van der Waals surface area contributed by atoms with Gasteiger partial charge < -0.3 is 10.3 Å². The summed E-state index contributed by atoms with van der Waals surface area (Å²) in [6.07, 6.45) is 0. The van der Waals surface area contributed by atoms with Crippen LogP contribution >= 0.6 is 11.3 Å². The van der Waals surface area contributed by atoms with E-state index in [1.54, 1.807) is 5.38 Å². The second-order valence-corrected chi connectivity index (χ2v) is 5.27. The first-order valence-electron chi connectivity index (χ1n) is 6.21. The SMILES string of the molecule is Nc1nc(-c2nc(-c3ccc4ccccc4n3)no2)cs1. The Labute approximate surface area is 123 Å². The second-order valence-electron chi connectivity index (χ2n) is 4.38. The summed E-state index contributed by atoms with van der Waals surface area (Å²) in [5.74, 6) is 0.773. The van der Waals surface area contributed by atoms with Gasteiger partial charge in [-0.25, -0.2) is 9.97 Å². The van der Waals surface area contributed by atoms with E-state index in [1.807, 2.05) is 36.4 Å². The number of anilines is 1. The molecule has 0 radical (unpaired) electrons. The normalized spacial score (nSPS) is 11.0. The van der Waals surface area contributed by atoms with Gasteiger partial charge in [0.05, 0.1) is 5.52 Å². The molecule has 0 aliphatic heterocycles. The summed E-state index contributed by atoms with van der Waals surface area (Å²) in [4.78, 5) is 13.0. The quantitative estimate of drug-likeness (QED) is 0.611. The third-order valence-corrected chi connectivity index (χ3v) is 3.67. The third kappa shape index (κ3) is 2.13. The van der Waals surface area contributed by atoms with E-state index >= 15 is 0 Å². The topological polar surface area (TPSA) is 90.7 Å². The maximum absolute atomic E-state index is 5.60. The van der Waals surface area contributed by atoms with Gasteiger partial charge >= 0.3 is 0 Å². The minimum Gasteiger partial charge on any atom is -0.375 e. The number of aromatic nitrogens is 4. The molecule has 0 aliphatic rings. The molecule has 0 saturated heterocycles. The fourth-order valence-corrected chi connectivity index (χ4v) is 2.54. The van der Waals surface area contributed by atoms with Gasteiger partial charge in [0.2, 0.25) is 5.82 Å². The fraction of sp³-hybridized carbons (Fsp3) is 0. The van der Waals surface area contributed by atoms with Crippen molar-refractivity contribution in [2.75, 3.05) is 5.73 Å². The highest BCUT2D eigenvalue weighted by Gasteiger charge is 2.14. The molecule has 0 aliphatic carbocycles. The van der Waals surface area contributed by atoms with E-state index in [9.17, 15) is 0 Å². The molecule has 3 aromatic heterocycles. The van der Waals surface area contributed by atoms with Gasteiger partial charge in [-0.2, -0.15) is 4.98 Å². The monoisotopic (exact) mass is 295 g/mol. The molecular weight excluding hydrogens is 286 g/mol.